The van der Waals surface area contributed by atoms with Gasteiger partial charge in [-0.1, -0.05) is 33.8 Å². The zero-order chi connectivity index (χ0) is 15.1. The molecule has 0 aromatic carbocycles. The molecule has 0 radical (unpaired) electrons. The van der Waals surface area contributed by atoms with Crippen LogP contribution in [0, 0.1) is 5.92 Å². The van der Waals surface area contributed by atoms with E-state index in [0.717, 1.165) is 6.42 Å². The van der Waals surface area contributed by atoms with Crippen molar-refractivity contribution in [3.63, 3.8) is 0 Å². The largest absolute Gasteiger partial charge is 0.463 e. The van der Waals surface area contributed by atoms with Gasteiger partial charge in [0.25, 0.3) is 0 Å². The lowest BCUT2D eigenvalue weighted by Gasteiger charge is -2.30. The third-order valence-electron chi connectivity index (χ3n) is 2.84. The monoisotopic (exact) mass is 270 g/mol. The maximum Gasteiger partial charge on any atom is 0.305 e. The highest BCUT2D eigenvalue weighted by Crippen LogP contribution is 2.21. The van der Waals surface area contributed by atoms with Crippen LogP contribution in [0.5, 0.6) is 0 Å². The Morgan fingerprint density at radius 1 is 1.16 bits per heavy atom. The summed E-state index contributed by atoms with van der Waals surface area (Å²) in [5.74, 6) is 0.333. The molecule has 1 unspecified atom stereocenters. The Morgan fingerprint density at radius 2 is 1.74 bits per heavy atom. The van der Waals surface area contributed by atoms with Gasteiger partial charge in [-0.3, -0.25) is 4.79 Å². The second kappa shape index (κ2) is 8.36. The van der Waals surface area contributed by atoms with E-state index < -0.39 is 5.60 Å². The van der Waals surface area contributed by atoms with Crippen molar-refractivity contribution in [3.8, 4) is 0 Å². The van der Waals surface area contributed by atoms with Crippen LogP contribution in [0.4, 0.5) is 0 Å². The first kappa shape index (κ1) is 18.2. The topological polar surface area (TPSA) is 35.5 Å². The van der Waals surface area contributed by atoms with Crippen molar-refractivity contribution in [3.05, 3.63) is 11.6 Å². The van der Waals surface area contributed by atoms with Crippen molar-refractivity contribution in [1.82, 2.24) is 0 Å². The minimum Gasteiger partial charge on any atom is -0.463 e. The fourth-order valence-electron chi connectivity index (χ4n) is 1.91. The lowest BCUT2D eigenvalue weighted by Crippen LogP contribution is -2.36. The van der Waals surface area contributed by atoms with Gasteiger partial charge in [-0.05, 0) is 38.7 Å². The Bertz CT molecular complexity index is 303. The number of ether oxygens (including phenoxy) is 2. The highest BCUT2D eigenvalue weighted by Gasteiger charge is 2.24. The summed E-state index contributed by atoms with van der Waals surface area (Å²) < 4.78 is 11.2. The maximum atomic E-state index is 11.2. The molecule has 0 saturated heterocycles. The molecule has 0 aliphatic heterocycles. The molecule has 3 heteroatoms. The number of rotatable bonds is 8. The molecule has 0 aromatic heterocycles. The molecule has 0 aliphatic rings. The van der Waals surface area contributed by atoms with Crippen molar-refractivity contribution in [1.29, 1.82) is 0 Å². The molecule has 0 amide bonds. The van der Waals surface area contributed by atoms with Crippen LogP contribution in [0.3, 0.4) is 0 Å². The Balaban J connectivity index is 4.50. The fourth-order valence-corrected chi connectivity index (χ4v) is 1.91. The van der Waals surface area contributed by atoms with E-state index in [4.69, 9.17) is 9.47 Å². The Hall–Kier alpha value is -0.830. The first-order chi connectivity index (χ1) is 8.71. The molecule has 19 heavy (non-hydrogen) atoms. The van der Waals surface area contributed by atoms with Gasteiger partial charge in [-0.25, -0.2) is 0 Å². The summed E-state index contributed by atoms with van der Waals surface area (Å²) in [6.07, 6.45) is 3.67. The fraction of sp³-hybridized carbons (Fsp3) is 0.812. The van der Waals surface area contributed by atoms with Crippen molar-refractivity contribution in [2.24, 2.45) is 5.92 Å². The lowest BCUT2D eigenvalue weighted by atomic mass is 10.0. The van der Waals surface area contributed by atoms with E-state index in [1.54, 1.807) is 6.92 Å². The van der Waals surface area contributed by atoms with E-state index in [-0.39, 0.29) is 12.1 Å². The highest BCUT2D eigenvalue weighted by molar-refractivity contribution is 5.68. The van der Waals surface area contributed by atoms with Gasteiger partial charge in [-0.2, -0.15) is 0 Å². The molecule has 0 aromatic rings. The van der Waals surface area contributed by atoms with Crippen LogP contribution < -0.4 is 0 Å². The Morgan fingerprint density at radius 3 is 2.16 bits per heavy atom. The van der Waals surface area contributed by atoms with Crippen LogP contribution in [0.1, 0.15) is 61.3 Å². The minimum atomic E-state index is -0.463. The SMILES string of the molecule is CCC(=O)OCC(C)(C)OC(C)C(=CC(C)C)CC. The standard InChI is InChI=1S/C16H30O3/c1-8-14(10-12(3)4)13(5)19-16(6,7)11-18-15(17)9-2/h10,12-13H,8-9,11H2,1-7H3. The number of hydrogen-bond donors (Lipinski definition) is 0. The molecule has 1 atom stereocenters. The zero-order valence-corrected chi connectivity index (χ0v) is 13.6. The van der Waals surface area contributed by atoms with Crippen LogP contribution >= 0.6 is 0 Å². The smallest absolute Gasteiger partial charge is 0.305 e. The Labute approximate surface area is 118 Å². The van der Waals surface area contributed by atoms with Crippen LogP contribution in [0.2, 0.25) is 0 Å². The van der Waals surface area contributed by atoms with Gasteiger partial charge in [0.1, 0.15) is 6.61 Å². The average molecular weight is 270 g/mol. The molecule has 0 N–H and O–H groups in total. The number of carbonyl (C=O) groups is 1. The first-order valence-corrected chi connectivity index (χ1v) is 7.25. The first-order valence-electron chi connectivity index (χ1n) is 7.25. The van der Waals surface area contributed by atoms with Crippen molar-refractivity contribution >= 4 is 5.97 Å². The summed E-state index contributed by atoms with van der Waals surface area (Å²) in [5, 5.41) is 0. The number of allylic oxidation sites excluding steroid dienone is 1. The van der Waals surface area contributed by atoms with Gasteiger partial charge in [0.15, 0.2) is 0 Å². The number of carbonyl (C=O) groups excluding carboxylic acids is 1. The molecular formula is C16H30O3. The molecule has 0 bridgehead atoms. The summed E-state index contributed by atoms with van der Waals surface area (Å²) in [7, 11) is 0. The lowest BCUT2D eigenvalue weighted by molar-refractivity contribution is -0.155. The van der Waals surface area contributed by atoms with E-state index in [2.05, 4.69) is 33.8 Å². The average Bonchev–Trinajstić information content (AvgIpc) is 2.32. The van der Waals surface area contributed by atoms with Gasteiger partial charge >= 0.3 is 5.97 Å². The van der Waals surface area contributed by atoms with E-state index >= 15 is 0 Å². The molecule has 0 rings (SSSR count). The van der Waals surface area contributed by atoms with Crippen LogP contribution in [-0.4, -0.2) is 24.3 Å². The van der Waals surface area contributed by atoms with E-state index in [1.807, 2.05) is 13.8 Å². The van der Waals surface area contributed by atoms with E-state index in [9.17, 15) is 4.79 Å². The second-order valence-corrected chi connectivity index (χ2v) is 5.87. The summed E-state index contributed by atoms with van der Waals surface area (Å²) in [5.41, 5.74) is 0.833. The van der Waals surface area contributed by atoms with Crippen molar-refractivity contribution < 1.29 is 14.3 Å². The van der Waals surface area contributed by atoms with Gasteiger partial charge in [0, 0.05) is 6.42 Å². The quantitative estimate of drug-likeness (QED) is 0.492. The van der Waals surface area contributed by atoms with E-state index in [1.165, 1.54) is 5.57 Å². The van der Waals surface area contributed by atoms with Crippen molar-refractivity contribution in [2.75, 3.05) is 6.61 Å². The van der Waals surface area contributed by atoms with Crippen LogP contribution in [0.15, 0.2) is 11.6 Å². The van der Waals surface area contributed by atoms with E-state index in [0.29, 0.717) is 18.9 Å². The molecule has 0 saturated carbocycles. The number of hydrogen-bond acceptors (Lipinski definition) is 3. The van der Waals surface area contributed by atoms with Gasteiger partial charge in [0.2, 0.25) is 0 Å². The minimum absolute atomic E-state index is 0.0442. The van der Waals surface area contributed by atoms with Gasteiger partial charge in [-0.15, -0.1) is 0 Å². The molecular weight excluding hydrogens is 240 g/mol. The van der Waals surface area contributed by atoms with Crippen LogP contribution in [-0.2, 0) is 14.3 Å². The Kier molecular flexibility index (Phi) is 8.00. The molecule has 3 nitrogen and oxygen atoms in total. The summed E-state index contributed by atoms with van der Waals surface area (Å²) in [4.78, 5) is 11.2. The summed E-state index contributed by atoms with van der Waals surface area (Å²) >= 11 is 0. The molecule has 112 valence electrons. The van der Waals surface area contributed by atoms with Gasteiger partial charge in [0.05, 0.1) is 11.7 Å². The third kappa shape index (κ3) is 8.04. The molecule has 0 spiro atoms. The second-order valence-electron chi connectivity index (χ2n) is 5.87. The van der Waals surface area contributed by atoms with Crippen molar-refractivity contribution in [2.45, 2.75) is 73.0 Å². The normalized spacial score (nSPS) is 14.6. The third-order valence-corrected chi connectivity index (χ3v) is 2.84. The molecule has 0 fully saturated rings. The predicted molar refractivity (Wildman–Crippen MR) is 79.1 cm³/mol. The van der Waals surface area contributed by atoms with Crippen LogP contribution in [0.25, 0.3) is 0 Å². The van der Waals surface area contributed by atoms with Gasteiger partial charge < -0.3 is 9.47 Å². The highest BCUT2D eigenvalue weighted by atomic mass is 16.6. The summed E-state index contributed by atoms with van der Waals surface area (Å²) in [6.45, 7) is 14.5. The molecule has 0 aliphatic carbocycles. The zero-order valence-electron chi connectivity index (χ0n) is 13.6. The number of esters is 1. The summed E-state index contributed by atoms with van der Waals surface area (Å²) in [6, 6.07) is 0. The molecule has 0 heterocycles. The maximum absolute atomic E-state index is 11.2. The predicted octanol–water partition coefficient (Wildman–Crippen LogP) is 4.12.